The number of nitrogens with zero attached hydrogens (tertiary/aromatic N) is 1. The number of nitrogens with one attached hydrogen (secondary N) is 5. The van der Waals surface area contributed by atoms with E-state index in [1.54, 1.807) is 13.8 Å². The van der Waals surface area contributed by atoms with Crippen LogP contribution in [-0.4, -0.2) is 116 Å². The molecule has 0 aromatic heterocycles. The summed E-state index contributed by atoms with van der Waals surface area (Å²) in [6, 6.07) is -5.15. The first-order valence-corrected chi connectivity index (χ1v) is 17.6. The van der Waals surface area contributed by atoms with E-state index in [2.05, 4.69) is 33.2 Å². The molecule has 3 rings (SSSR count). The van der Waals surface area contributed by atoms with Crippen LogP contribution < -0.4 is 31.3 Å². The maximum Gasteiger partial charge on any atom is 0.326 e. The van der Waals surface area contributed by atoms with Crippen LogP contribution in [0.15, 0.2) is 47.7 Å². The van der Waals surface area contributed by atoms with Gasteiger partial charge in [-0.05, 0) is 69.5 Å². The Balaban J connectivity index is 2.10. The second-order valence-corrected chi connectivity index (χ2v) is 13.8. The molecule has 2 aliphatic heterocycles. The van der Waals surface area contributed by atoms with Crippen molar-refractivity contribution in [2.75, 3.05) is 13.6 Å². The van der Waals surface area contributed by atoms with Gasteiger partial charge in [-0.15, -0.1) is 0 Å². The van der Waals surface area contributed by atoms with Crippen molar-refractivity contribution < 1.29 is 58.7 Å². The summed E-state index contributed by atoms with van der Waals surface area (Å²) in [5, 5.41) is 52.9. The number of halogens is 1. The first-order valence-electron chi connectivity index (χ1n) is 17.3. The Kier molecular flexibility index (Phi) is 14.6. The Hall–Kier alpha value is -5.46. The average Bonchev–Trinajstić information content (AvgIpc) is 3.62. The number of ether oxygens (including phenoxy) is 1. The van der Waals surface area contributed by atoms with Crippen molar-refractivity contribution in [2.24, 2.45) is 0 Å². The summed E-state index contributed by atoms with van der Waals surface area (Å²) in [6.45, 7) is 11.4. The number of carbonyl (C=O) groups is 7. The second-order valence-electron chi connectivity index (χ2n) is 13.4. The monoisotopic (exact) mass is 790 g/mol. The highest BCUT2D eigenvalue weighted by Crippen LogP contribution is 2.41. The number of rotatable bonds is 12. The fraction of sp³-hybridized carbons (Fsp3) is 0.472. The first-order chi connectivity index (χ1) is 25.7. The third kappa shape index (κ3) is 10.00. The number of hydrogen-bond donors (Lipinski definition) is 9. The van der Waals surface area contributed by atoms with Gasteiger partial charge in [0.1, 0.15) is 47.6 Å². The summed E-state index contributed by atoms with van der Waals surface area (Å²) in [6.07, 6.45) is 0.554. The molecule has 5 amide bonds. The van der Waals surface area contributed by atoms with E-state index in [9.17, 15) is 48.9 Å². The van der Waals surface area contributed by atoms with Gasteiger partial charge >= 0.3 is 11.9 Å². The minimum absolute atomic E-state index is 0.0151. The van der Waals surface area contributed by atoms with Crippen molar-refractivity contribution in [3.63, 3.8) is 0 Å². The molecule has 0 saturated carbocycles. The van der Waals surface area contributed by atoms with E-state index >= 15 is 0 Å². The van der Waals surface area contributed by atoms with Gasteiger partial charge in [-0.1, -0.05) is 44.2 Å². The summed E-state index contributed by atoms with van der Waals surface area (Å²) in [7, 11) is 1.40. The molecule has 7 unspecified atom stereocenters. The zero-order valence-corrected chi connectivity index (χ0v) is 31.9. The van der Waals surface area contributed by atoms with Crippen LogP contribution in [0.2, 0.25) is 5.02 Å². The Bertz CT molecular complexity index is 1810. The summed E-state index contributed by atoms with van der Waals surface area (Å²) in [5.74, 6) is -8.53. The number of carboxylic acids is 2. The molecule has 19 heteroatoms. The normalized spacial score (nSPS) is 25.0. The molecule has 0 fully saturated rings. The number of hydrogen-bond acceptors (Lipinski definition) is 11. The molecular formula is C36H47ClN6O12. The Morgan fingerprint density at radius 1 is 1.11 bits per heavy atom. The maximum atomic E-state index is 14.7. The Morgan fingerprint density at radius 2 is 1.76 bits per heavy atom. The number of carboxylic acid groups (broad SMARTS) is 2. The van der Waals surface area contributed by atoms with Crippen LogP contribution in [0.5, 0.6) is 11.5 Å². The quantitative estimate of drug-likeness (QED) is 0.103. The molecule has 0 spiro atoms. The number of phenolic OH excluding ortho intramolecular Hbond substituents is 1. The van der Waals surface area contributed by atoms with Gasteiger partial charge < -0.3 is 56.6 Å². The zero-order chi connectivity index (χ0) is 41.5. The second kappa shape index (κ2) is 18.2. The molecule has 1 aromatic carbocycles. The molecule has 2 bridgehead atoms. The predicted octanol–water partition coefficient (Wildman–Crippen LogP) is 0.385. The molecule has 18 nitrogen and oxygen atoms in total. The lowest BCUT2D eigenvalue weighted by Gasteiger charge is -2.40. The van der Waals surface area contributed by atoms with E-state index in [-0.39, 0.29) is 47.0 Å². The summed E-state index contributed by atoms with van der Waals surface area (Å²) >= 11 is 6.33. The van der Waals surface area contributed by atoms with Crippen LogP contribution in [-0.2, 0) is 33.6 Å². The van der Waals surface area contributed by atoms with Crippen molar-refractivity contribution in [3.8, 4) is 11.5 Å². The molecule has 7 atom stereocenters. The molecule has 9 N–H and O–H groups in total. The first kappa shape index (κ1) is 43.9. The van der Waals surface area contributed by atoms with Gasteiger partial charge in [0, 0.05) is 6.54 Å². The van der Waals surface area contributed by atoms with Crippen LogP contribution in [0.25, 0.3) is 0 Å². The number of aliphatic carboxylic acids is 2. The minimum Gasteiger partial charge on any atom is -0.503 e. The third-order valence-corrected chi connectivity index (χ3v) is 9.74. The zero-order valence-electron chi connectivity index (χ0n) is 31.2. The van der Waals surface area contributed by atoms with Crippen molar-refractivity contribution >= 4 is 53.1 Å². The van der Waals surface area contributed by atoms with E-state index in [4.69, 9.17) is 21.4 Å². The third-order valence-electron chi connectivity index (χ3n) is 9.45. The fourth-order valence-electron chi connectivity index (χ4n) is 5.88. The fourth-order valence-corrected chi connectivity index (χ4v) is 6.10. The molecule has 1 aromatic rings. The molecule has 0 radical (unpaired) electrons. The minimum atomic E-state index is -1.82. The molecular weight excluding hydrogens is 744 g/mol. The van der Waals surface area contributed by atoms with E-state index in [0.717, 1.165) is 4.90 Å². The van der Waals surface area contributed by atoms with Crippen LogP contribution >= 0.6 is 11.6 Å². The maximum absolute atomic E-state index is 14.7. The number of aliphatic hydroxyl groups is 1. The number of benzene rings is 1. The number of phenols is 1. The summed E-state index contributed by atoms with van der Waals surface area (Å²) < 4.78 is 6.29. The number of amides is 5. The lowest BCUT2D eigenvalue weighted by Crippen LogP contribution is -2.65. The SMILES string of the molecule is C=C(C)C1NC(=O)C(NC)C(O)c2cc(Cl)c(O)c(c2)OC(C)(CC)C(C(=O)N2CC=CC2C(=O)NC(C(=O)NC(CC(=O)O)C(=O)O)=C(C)CC)NC1=O. The van der Waals surface area contributed by atoms with Crippen LogP contribution in [0.4, 0.5) is 0 Å². The van der Waals surface area contributed by atoms with Crippen molar-refractivity contribution in [2.45, 2.75) is 95.8 Å². The smallest absolute Gasteiger partial charge is 0.326 e. The number of likely N-dealkylation sites (N-methyl/N-ethyl adjacent to an activating group) is 1. The van der Waals surface area contributed by atoms with Gasteiger partial charge in [0.05, 0.1) is 11.4 Å². The van der Waals surface area contributed by atoms with Crippen LogP contribution in [0.3, 0.4) is 0 Å². The highest BCUT2D eigenvalue weighted by Gasteiger charge is 2.48. The Labute approximate surface area is 322 Å². The molecule has 2 heterocycles. The number of carbonyl (C=O) groups excluding carboxylic acids is 5. The standard InChI is InChI=1S/C36H47ClN6O12/c1-8-17(5)25(32(50)39-20(35(53)54)15-23(44)45)41-30(48)21-11-10-12-43(21)34(52)29-36(6,9-2)55-22-14-18(13-19(37)28(22)47)27(46)26(38-7)33(51)40-24(16(3)4)31(49)42-29/h10-11,13-14,20-21,24,26-27,29,38,46-47H,3,8-9,12,15H2,1-2,4-7H3,(H,39,50)(H,40,51)(H,41,48)(H,42,49)(H,44,45)(H,53,54). The topological polar surface area (TPSA) is 273 Å². The van der Waals surface area contributed by atoms with Crippen LogP contribution in [0.1, 0.15) is 65.5 Å². The summed E-state index contributed by atoms with van der Waals surface area (Å²) in [5.41, 5.74) is -1.57. The molecule has 0 aliphatic carbocycles. The average molecular weight is 791 g/mol. The molecule has 2 aliphatic rings. The van der Waals surface area contributed by atoms with Crippen molar-refractivity contribution in [1.29, 1.82) is 0 Å². The van der Waals surface area contributed by atoms with Gasteiger partial charge in [-0.25, -0.2) is 4.79 Å². The molecule has 55 heavy (non-hydrogen) atoms. The van der Waals surface area contributed by atoms with E-state index < -0.39 is 95.6 Å². The van der Waals surface area contributed by atoms with Gasteiger partial charge in [0.15, 0.2) is 11.5 Å². The van der Waals surface area contributed by atoms with Gasteiger partial charge in [-0.2, -0.15) is 0 Å². The van der Waals surface area contributed by atoms with Crippen molar-refractivity contribution in [1.82, 2.24) is 31.5 Å². The van der Waals surface area contributed by atoms with E-state index in [0.29, 0.717) is 5.57 Å². The molecule has 300 valence electrons. The largest absolute Gasteiger partial charge is 0.503 e. The number of aliphatic hydroxyl groups excluding tert-OH is 1. The number of allylic oxidation sites excluding steroid dienone is 1. The lowest BCUT2D eigenvalue weighted by molar-refractivity contribution is -0.147. The van der Waals surface area contributed by atoms with Crippen molar-refractivity contribution in [3.05, 3.63) is 58.3 Å². The number of fused-ring (bicyclic) bond motifs is 2. The van der Waals surface area contributed by atoms with Crippen LogP contribution in [0, 0.1) is 0 Å². The highest BCUT2D eigenvalue weighted by atomic mass is 35.5. The lowest BCUT2D eigenvalue weighted by atomic mass is 9.90. The Morgan fingerprint density at radius 3 is 2.31 bits per heavy atom. The predicted molar refractivity (Wildman–Crippen MR) is 197 cm³/mol. The van der Waals surface area contributed by atoms with E-state index in [1.165, 1.54) is 52.1 Å². The molecule has 0 saturated heterocycles. The van der Waals surface area contributed by atoms with Gasteiger partial charge in [0.25, 0.3) is 17.7 Å². The summed E-state index contributed by atoms with van der Waals surface area (Å²) in [4.78, 5) is 93.1. The van der Waals surface area contributed by atoms with Gasteiger partial charge in [-0.3, -0.25) is 28.8 Å². The van der Waals surface area contributed by atoms with E-state index in [1.807, 2.05) is 0 Å². The van der Waals surface area contributed by atoms with Gasteiger partial charge in [0.2, 0.25) is 11.8 Å². The highest BCUT2D eigenvalue weighted by molar-refractivity contribution is 6.32. The number of aromatic hydroxyl groups is 1.